The Morgan fingerprint density at radius 1 is 0.944 bits per heavy atom. The summed E-state index contributed by atoms with van der Waals surface area (Å²) in [5.41, 5.74) is 10.1. The van der Waals surface area contributed by atoms with Crippen LogP contribution >= 0.6 is 24.8 Å². The number of aromatic nitrogens is 1. The molecule has 0 atom stereocenters. The van der Waals surface area contributed by atoms with Crippen LogP contribution in [0.25, 0.3) is 33.2 Å². The fraction of sp³-hybridized carbons (Fsp3) is 0.185. The minimum Gasteiger partial charge on any atom is -0.506 e. The van der Waals surface area contributed by atoms with Crippen molar-refractivity contribution in [1.82, 2.24) is 4.98 Å². The van der Waals surface area contributed by atoms with E-state index in [1.807, 2.05) is 24.3 Å². The molecular weight excluding hydrogens is 505 g/mol. The van der Waals surface area contributed by atoms with Crippen molar-refractivity contribution >= 4 is 41.4 Å². The van der Waals surface area contributed by atoms with Crippen molar-refractivity contribution in [2.75, 3.05) is 18.0 Å². The molecule has 1 aromatic heterocycles. The number of pyridine rings is 1. The van der Waals surface area contributed by atoms with Crippen LogP contribution in [0, 0.1) is 23.0 Å². The monoisotopic (exact) mass is 528 g/mol. The highest BCUT2D eigenvalue weighted by molar-refractivity contribution is 6.02. The zero-order valence-corrected chi connectivity index (χ0v) is 20.8. The second-order valence-corrected chi connectivity index (χ2v) is 8.55. The van der Waals surface area contributed by atoms with Gasteiger partial charge < -0.3 is 15.7 Å². The van der Waals surface area contributed by atoms with Crippen LogP contribution in [0.15, 0.2) is 60.8 Å². The number of piperidine rings is 1. The SMILES string of the molecule is Cl.Cl.N#Cc1cccc(-c2ccc3ncc(-c4cc(F)cc(F)c4)c(N4CCC(N)CC4)c3c2)c1O. The second-order valence-electron chi connectivity index (χ2n) is 8.55. The number of para-hydroxylation sites is 1. The summed E-state index contributed by atoms with van der Waals surface area (Å²) < 4.78 is 28.2. The van der Waals surface area contributed by atoms with E-state index in [2.05, 4.69) is 9.88 Å². The zero-order chi connectivity index (χ0) is 23.8. The molecule has 9 heteroatoms. The zero-order valence-electron chi connectivity index (χ0n) is 19.1. The summed E-state index contributed by atoms with van der Waals surface area (Å²) >= 11 is 0. The normalized spacial score (nSPS) is 13.6. The third-order valence-corrected chi connectivity index (χ3v) is 6.34. The van der Waals surface area contributed by atoms with Gasteiger partial charge in [0.2, 0.25) is 0 Å². The highest BCUT2D eigenvalue weighted by Crippen LogP contribution is 2.41. The lowest BCUT2D eigenvalue weighted by Gasteiger charge is -2.34. The smallest absolute Gasteiger partial charge is 0.141 e. The molecule has 5 rings (SSSR count). The molecule has 1 aliphatic rings. The molecule has 2 heterocycles. The van der Waals surface area contributed by atoms with E-state index in [0.717, 1.165) is 30.0 Å². The third kappa shape index (κ3) is 5.07. The van der Waals surface area contributed by atoms with E-state index in [1.165, 1.54) is 12.1 Å². The second kappa shape index (κ2) is 11.1. The Bertz CT molecular complexity index is 1430. The average molecular weight is 529 g/mol. The Balaban J connectivity index is 0.00000180. The third-order valence-electron chi connectivity index (χ3n) is 6.34. The maximum Gasteiger partial charge on any atom is 0.141 e. The van der Waals surface area contributed by atoms with Gasteiger partial charge >= 0.3 is 0 Å². The van der Waals surface area contributed by atoms with Crippen molar-refractivity contribution in [2.24, 2.45) is 5.73 Å². The van der Waals surface area contributed by atoms with Crippen LogP contribution in [0.3, 0.4) is 0 Å². The number of hydrogen-bond acceptors (Lipinski definition) is 5. The van der Waals surface area contributed by atoms with E-state index in [-0.39, 0.29) is 42.2 Å². The van der Waals surface area contributed by atoms with Gasteiger partial charge in [0, 0.05) is 47.9 Å². The molecule has 186 valence electrons. The minimum absolute atomic E-state index is 0. The van der Waals surface area contributed by atoms with E-state index in [9.17, 15) is 19.1 Å². The van der Waals surface area contributed by atoms with Crippen molar-refractivity contribution in [1.29, 1.82) is 5.26 Å². The lowest BCUT2D eigenvalue weighted by Crippen LogP contribution is -2.40. The molecule has 1 fully saturated rings. The van der Waals surface area contributed by atoms with Crippen LogP contribution < -0.4 is 10.6 Å². The highest BCUT2D eigenvalue weighted by atomic mass is 35.5. The topological polar surface area (TPSA) is 86.2 Å². The summed E-state index contributed by atoms with van der Waals surface area (Å²) in [6.45, 7) is 1.40. The van der Waals surface area contributed by atoms with Gasteiger partial charge in [0.05, 0.1) is 16.8 Å². The Kier molecular flexibility index (Phi) is 8.36. The number of anilines is 1. The largest absolute Gasteiger partial charge is 0.506 e. The Labute approximate surface area is 220 Å². The minimum atomic E-state index is -0.659. The molecule has 0 aliphatic carbocycles. The van der Waals surface area contributed by atoms with Crippen LogP contribution in [-0.2, 0) is 0 Å². The standard InChI is InChI=1S/C27H22F2N4O.2ClH/c28-19-10-18(11-20(29)13-19)24-15-32-25-5-4-16(22-3-1-2-17(14-30)27(22)34)12-23(25)26(24)33-8-6-21(31)7-9-33;;/h1-5,10-13,15,21,34H,6-9,31H2;2*1H. The lowest BCUT2D eigenvalue weighted by atomic mass is 9.95. The molecule has 3 aromatic carbocycles. The van der Waals surface area contributed by atoms with Crippen LogP contribution in [0.2, 0.25) is 0 Å². The number of aromatic hydroxyl groups is 1. The quantitative estimate of drug-likeness (QED) is 0.330. The predicted octanol–water partition coefficient (Wildman–Crippen LogP) is 6.20. The average Bonchev–Trinajstić information content (AvgIpc) is 2.83. The molecule has 4 aromatic rings. The molecule has 0 unspecified atom stereocenters. The number of halogens is 4. The van der Waals surface area contributed by atoms with Crippen molar-refractivity contribution in [3.63, 3.8) is 0 Å². The van der Waals surface area contributed by atoms with E-state index < -0.39 is 11.6 Å². The van der Waals surface area contributed by atoms with Gasteiger partial charge in [0.1, 0.15) is 23.5 Å². The fourth-order valence-corrected chi connectivity index (χ4v) is 4.60. The van der Waals surface area contributed by atoms with E-state index in [4.69, 9.17) is 5.73 Å². The van der Waals surface area contributed by atoms with Crippen molar-refractivity contribution in [3.05, 3.63) is 78.0 Å². The summed E-state index contributed by atoms with van der Waals surface area (Å²) in [6.07, 6.45) is 3.24. The molecule has 3 N–H and O–H groups in total. The number of rotatable bonds is 3. The Hall–Kier alpha value is -3.44. The predicted molar refractivity (Wildman–Crippen MR) is 143 cm³/mol. The van der Waals surface area contributed by atoms with Gasteiger partial charge in [0.25, 0.3) is 0 Å². The van der Waals surface area contributed by atoms with Gasteiger partial charge in [-0.25, -0.2) is 8.78 Å². The maximum absolute atomic E-state index is 14.1. The number of nitrogens with zero attached hydrogens (tertiary/aromatic N) is 3. The number of hydrogen-bond donors (Lipinski definition) is 2. The number of phenolic OH excluding ortho intramolecular Hbond substituents is 1. The van der Waals surface area contributed by atoms with Gasteiger partial charge in [-0.15, -0.1) is 24.8 Å². The van der Waals surface area contributed by atoms with Crippen molar-refractivity contribution in [2.45, 2.75) is 18.9 Å². The molecule has 1 saturated heterocycles. The van der Waals surface area contributed by atoms with Gasteiger partial charge in [0.15, 0.2) is 0 Å². The molecule has 36 heavy (non-hydrogen) atoms. The molecule has 0 saturated carbocycles. The van der Waals surface area contributed by atoms with Gasteiger partial charge in [-0.1, -0.05) is 18.2 Å². The Morgan fingerprint density at radius 2 is 1.64 bits per heavy atom. The van der Waals surface area contributed by atoms with Crippen LogP contribution in [-0.4, -0.2) is 29.2 Å². The number of benzene rings is 3. The lowest BCUT2D eigenvalue weighted by molar-refractivity contribution is 0.475. The first-order valence-electron chi connectivity index (χ1n) is 11.1. The molecule has 0 bridgehead atoms. The molecule has 1 aliphatic heterocycles. The van der Waals surface area contributed by atoms with Crippen molar-refractivity contribution in [3.8, 4) is 34.1 Å². The summed E-state index contributed by atoms with van der Waals surface area (Å²) in [6, 6.07) is 16.2. The summed E-state index contributed by atoms with van der Waals surface area (Å²) in [7, 11) is 0. The van der Waals surface area contributed by atoms with Crippen LogP contribution in [0.4, 0.5) is 14.5 Å². The first-order chi connectivity index (χ1) is 16.4. The summed E-state index contributed by atoms with van der Waals surface area (Å²) in [5.74, 6) is -1.41. The van der Waals surface area contributed by atoms with E-state index >= 15 is 0 Å². The summed E-state index contributed by atoms with van der Waals surface area (Å²) in [4.78, 5) is 6.75. The fourth-order valence-electron chi connectivity index (χ4n) is 4.60. The van der Waals surface area contributed by atoms with Crippen LogP contribution in [0.5, 0.6) is 5.75 Å². The number of fused-ring (bicyclic) bond motifs is 1. The number of nitriles is 1. The Morgan fingerprint density at radius 3 is 2.31 bits per heavy atom. The molecule has 0 spiro atoms. The number of nitrogens with two attached hydrogens (primary N) is 1. The number of phenols is 1. The summed E-state index contributed by atoms with van der Waals surface area (Å²) in [5, 5.41) is 20.7. The molecule has 0 amide bonds. The van der Waals surface area contributed by atoms with Crippen LogP contribution in [0.1, 0.15) is 18.4 Å². The van der Waals surface area contributed by atoms with Crippen molar-refractivity contribution < 1.29 is 13.9 Å². The van der Waals surface area contributed by atoms with Gasteiger partial charge in [-0.3, -0.25) is 4.98 Å². The maximum atomic E-state index is 14.1. The molecule has 0 radical (unpaired) electrons. The highest BCUT2D eigenvalue weighted by Gasteiger charge is 2.23. The van der Waals surface area contributed by atoms with Gasteiger partial charge in [-0.2, -0.15) is 5.26 Å². The molecular formula is C27H24Cl2F2N4O. The molecule has 5 nitrogen and oxygen atoms in total. The van der Waals surface area contributed by atoms with Gasteiger partial charge in [-0.05, 0) is 54.3 Å². The first-order valence-corrected chi connectivity index (χ1v) is 11.1. The first kappa shape index (κ1) is 27.2. The van der Waals surface area contributed by atoms with E-state index in [1.54, 1.807) is 24.4 Å². The van der Waals surface area contributed by atoms with E-state index in [0.29, 0.717) is 40.9 Å².